The van der Waals surface area contributed by atoms with Gasteiger partial charge in [0.1, 0.15) is 5.82 Å². The molecule has 0 aliphatic carbocycles. The fraction of sp³-hybridized carbons (Fsp3) is 0.333. The molecule has 3 heterocycles. The van der Waals surface area contributed by atoms with Crippen molar-refractivity contribution in [1.29, 1.82) is 0 Å². The van der Waals surface area contributed by atoms with Crippen LogP contribution >= 0.6 is 22.9 Å². The largest absolute Gasteiger partial charge is 0.492 e. The second-order valence-corrected chi connectivity index (χ2v) is 9.72. The van der Waals surface area contributed by atoms with Crippen LogP contribution in [0.4, 0.5) is 0 Å². The molecule has 1 aliphatic rings. The molecule has 0 radical (unpaired) electrons. The van der Waals surface area contributed by atoms with Crippen molar-refractivity contribution in [3.05, 3.63) is 81.4 Å². The molecule has 0 unspecified atom stereocenters. The lowest BCUT2D eigenvalue weighted by Crippen LogP contribution is -2.37. The first kappa shape index (κ1) is 20.5. The number of piperidine rings is 1. The van der Waals surface area contributed by atoms with E-state index in [9.17, 15) is 5.11 Å². The number of nitrogens with zero attached hydrogens (tertiary/aromatic N) is 4. The zero-order valence-electron chi connectivity index (χ0n) is 17.4. The summed E-state index contributed by atoms with van der Waals surface area (Å²) in [7, 11) is 0. The van der Waals surface area contributed by atoms with E-state index >= 15 is 0 Å². The van der Waals surface area contributed by atoms with Gasteiger partial charge in [-0.15, -0.1) is 5.10 Å². The molecule has 5 rings (SSSR count). The molecule has 2 aromatic heterocycles. The molecule has 1 saturated heterocycles. The zero-order valence-corrected chi connectivity index (χ0v) is 19.0. The van der Waals surface area contributed by atoms with Crippen molar-refractivity contribution in [3.8, 4) is 5.88 Å². The molecule has 5 nitrogen and oxygen atoms in total. The standard InChI is InChI=1S/C24H25ClN4OS/c1-16-26-24-29(27-16)23(30)22(31-24)21(19-8-5-9-20(25)15-19)28-12-10-18(11-13-28)14-17-6-3-2-4-7-17/h2-9,15,18,21,30H,10-14H2,1H3/t21-/m1/s1. The fourth-order valence-electron chi connectivity index (χ4n) is 4.59. The van der Waals surface area contributed by atoms with Crippen LogP contribution in [0.5, 0.6) is 5.88 Å². The minimum atomic E-state index is -0.0646. The first-order valence-corrected chi connectivity index (χ1v) is 11.9. The van der Waals surface area contributed by atoms with Gasteiger partial charge in [-0.2, -0.15) is 4.52 Å². The average molecular weight is 453 g/mol. The van der Waals surface area contributed by atoms with Crippen LogP contribution in [-0.4, -0.2) is 37.7 Å². The molecule has 4 aromatic rings. The number of likely N-dealkylation sites (tertiary alicyclic amines) is 1. The summed E-state index contributed by atoms with van der Waals surface area (Å²) in [6, 6.07) is 18.6. The summed E-state index contributed by atoms with van der Waals surface area (Å²) < 4.78 is 1.55. The number of aromatic nitrogens is 3. The van der Waals surface area contributed by atoms with E-state index in [0.29, 0.717) is 16.8 Å². The number of thiazole rings is 1. The molecule has 2 aromatic carbocycles. The number of rotatable bonds is 5. The number of hydrogen-bond donors (Lipinski definition) is 1. The van der Waals surface area contributed by atoms with E-state index in [1.807, 2.05) is 25.1 Å². The van der Waals surface area contributed by atoms with E-state index in [1.54, 1.807) is 4.52 Å². The van der Waals surface area contributed by atoms with Crippen LogP contribution in [0.15, 0.2) is 54.6 Å². The molecule has 0 amide bonds. The maximum Gasteiger partial charge on any atom is 0.230 e. The maximum atomic E-state index is 11.0. The van der Waals surface area contributed by atoms with Gasteiger partial charge < -0.3 is 5.11 Å². The van der Waals surface area contributed by atoms with E-state index in [0.717, 1.165) is 47.8 Å². The first-order chi connectivity index (χ1) is 15.1. The van der Waals surface area contributed by atoms with E-state index in [4.69, 9.17) is 11.6 Å². The molecule has 1 fully saturated rings. The minimum Gasteiger partial charge on any atom is -0.492 e. The summed E-state index contributed by atoms with van der Waals surface area (Å²) in [5, 5.41) is 16.0. The number of halogens is 1. The smallest absolute Gasteiger partial charge is 0.230 e. The van der Waals surface area contributed by atoms with Crippen LogP contribution in [0.3, 0.4) is 0 Å². The van der Waals surface area contributed by atoms with Gasteiger partial charge in [0.2, 0.25) is 10.8 Å². The van der Waals surface area contributed by atoms with Crippen molar-refractivity contribution < 1.29 is 5.11 Å². The van der Waals surface area contributed by atoms with Crippen LogP contribution < -0.4 is 0 Å². The molecule has 31 heavy (non-hydrogen) atoms. The summed E-state index contributed by atoms with van der Waals surface area (Å²) >= 11 is 7.84. The van der Waals surface area contributed by atoms with Crippen molar-refractivity contribution in [3.63, 3.8) is 0 Å². The second-order valence-electron chi connectivity index (χ2n) is 8.27. The van der Waals surface area contributed by atoms with Crippen LogP contribution in [-0.2, 0) is 6.42 Å². The van der Waals surface area contributed by atoms with Gasteiger partial charge in [-0.25, -0.2) is 4.98 Å². The number of hydrogen-bond acceptors (Lipinski definition) is 5. The monoisotopic (exact) mass is 452 g/mol. The Bertz CT molecular complexity index is 1180. The van der Waals surface area contributed by atoms with E-state index < -0.39 is 0 Å². The zero-order chi connectivity index (χ0) is 21.4. The van der Waals surface area contributed by atoms with Crippen molar-refractivity contribution in [2.45, 2.75) is 32.2 Å². The van der Waals surface area contributed by atoms with Gasteiger partial charge in [0, 0.05) is 5.02 Å². The Labute approximate surface area is 190 Å². The van der Waals surface area contributed by atoms with Crippen molar-refractivity contribution in [1.82, 2.24) is 19.5 Å². The number of aryl methyl sites for hydroxylation is 1. The molecular formula is C24H25ClN4OS. The third kappa shape index (κ3) is 4.20. The Kier molecular flexibility index (Phi) is 5.69. The molecular weight excluding hydrogens is 428 g/mol. The van der Waals surface area contributed by atoms with Crippen LogP contribution in [0.2, 0.25) is 5.02 Å². The topological polar surface area (TPSA) is 53.7 Å². The van der Waals surface area contributed by atoms with Gasteiger partial charge in [0.25, 0.3) is 0 Å². The van der Waals surface area contributed by atoms with Gasteiger partial charge in [0.15, 0.2) is 0 Å². The molecule has 1 atom stereocenters. The first-order valence-electron chi connectivity index (χ1n) is 10.7. The van der Waals surface area contributed by atoms with Crippen molar-refractivity contribution in [2.24, 2.45) is 5.92 Å². The third-order valence-electron chi connectivity index (χ3n) is 6.10. The van der Waals surface area contributed by atoms with Crippen molar-refractivity contribution in [2.75, 3.05) is 13.1 Å². The predicted octanol–water partition coefficient (Wildman–Crippen LogP) is 5.50. The van der Waals surface area contributed by atoms with Crippen LogP contribution in [0, 0.1) is 12.8 Å². The van der Waals surface area contributed by atoms with E-state index in [-0.39, 0.29) is 11.9 Å². The molecule has 0 saturated carbocycles. The molecule has 160 valence electrons. The molecule has 7 heteroatoms. The highest BCUT2D eigenvalue weighted by atomic mass is 35.5. The Morgan fingerprint density at radius 1 is 1.13 bits per heavy atom. The lowest BCUT2D eigenvalue weighted by molar-refractivity contribution is 0.150. The van der Waals surface area contributed by atoms with Gasteiger partial charge in [0.05, 0.1) is 10.9 Å². The summed E-state index contributed by atoms with van der Waals surface area (Å²) in [5.74, 6) is 1.52. The highest BCUT2D eigenvalue weighted by Crippen LogP contribution is 2.42. The lowest BCUT2D eigenvalue weighted by Gasteiger charge is -2.37. The maximum absolute atomic E-state index is 11.0. The second kappa shape index (κ2) is 8.61. The SMILES string of the molecule is Cc1nc2sc([C@@H](c3cccc(Cl)c3)N3CCC(Cc4ccccc4)CC3)c(O)n2n1. The highest BCUT2D eigenvalue weighted by Gasteiger charge is 2.32. The Morgan fingerprint density at radius 3 is 2.61 bits per heavy atom. The Balaban J connectivity index is 1.43. The average Bonchev–Trinajstić information content (AvgIpc) is 3.27. The Morgan fingerprint density at radius 2 is 1.90 bits per heavy atom. The number of fused-ring (bicyclic) bond motifs is 1. The highest BCUT2D eigenvalue weighted by molar-refractivity contribution is 7.17. The molecule has 0 spiro atoms. The predicted molar refractivity (Wildman–Crippen MR) is 125 cm³/mol. The summed E-state index contributed by atoms with van der Waals surface area (Å²) in [6.07, 6.45) is 3.39. The molecule has 0 bridgehead atoms. The van der Waals surface area contributed by atoms with Gasteiger partial charge in [-0.3, -0.25) is 4.90 Å². The lowest BCUT2D eigenvalue weighted by atomic mass is 9.89. The van der Waals surface area contributed by atoms with Gasteiger partial charge in [-0.05, 0) is 68.5 Å². The third-order valence-corrected chi connectivity index (χ3v) is 7.41. The molecule has 1 N–H and O–H groups in total. The normalized spacial score (nSPS) is 16.7. The van der Waals surface area contributed by atoms with E-state index in [2.05, 4.69) is 51.4 Å². The minimum absolute atomic E-state index is 0.0646. The molecule has 1 aliphatic heterocycles. The number of aromatic hydroxyl groups is 1. The van der Waals surface area contributed by atoms with Gasteiger partial charge >= 0.3 is 0 Å². The van der Waals surface area contributed by atoms with Crippen molar-refractivity contribution >= 4 is 27.9 Å². The number of benzene rings is 2. The summed E-state index contributed by atoms with van der Waals surface area (Å²) in [5.41, 5.74) is 2.50. The quantitative estimate of drug-likeness (QED) is 0.434. The van der Waals surface area contributed by atoms with E-state index in [1.165, 1.54) is 16.9 Å². The Hall–Kier alpha value is -2.41. The van der Waals surface area contributed by atoms with Gasteiger partial charge in [-0.1, -0.05) is 65.4 Å². The fourth-order valence-corrected chi connectivity index (χ4v) is 5.95. The van der Waals surface area contributed by atoms with Crippen LogP contribution in [0.25, 0.3) is 4.96 Å². The van der Waals surface area contributed by atoms with Crippen LogP contribution in [0.1, 0.15) is 40.7 Å². The summed E-state index contributed by atoms with van der Waals surface area (Å²) in [4.78, 5) is 8.51. The summed E-state index contributed by atoms with van der Waals surface area (Å²) in [6.45, 7) is 3.78.